The van der Waals surface area contributed by atoms with Crippen molar-refractivity contribution in [2.75, 3.05) is 6.54 Å². The number of hydrogen-bond donors (Lipinski definition) is 1. The molecule has 1 amide bonds. The topological polar surface area (TPSA) is 91.8 Å². The van der Waals surface area contributed by atoms with Gasteiger partial charge < -0.3 is 9.84 Å². The SMILES string of the molecule is N#CCC(=O)NCCc1ccc(-c2noc(C(F)(F)F)n2)cc1. The van der Waals surface area contributed by atoms with Crippen LogP contribution < -0.4 is 5.32 Å². The van der Waals surface area contributed by atoms with Crippen LogP contribution in [0.15, 0.2) is 28.8 Å². The summed E-state index contributed by atoms with van der Waals surface area (Å²) in [5, 5.41) is 14.2. The Kier molecular flexibility index (Phi) is 4.95. The highest BCUT2D eigenvalue weighted by Gasteiger charge is 2.38. The molecular formula is C14H11F3N4O2. The third-order valence-corrected chi connectivity index (χ3v) is 2.86. The van der Waals surface area contributed by atoms with Crippen molar-refractivity contribution in [3.8, 4) is 17.5 Å². The van der Waals surface area contributed by atoms with Crippen molar-refractivity contribution in [2.45, 2.75) is 19.0 Å². The number of benzene rings is 1. The van der Waals surface area contributed by atoms with Gasteiger partial charge in [-0.15, -0.1) is 0 Å². The second-order valence-electron chi connectivity index (χ2n) is 4.55. The monoisotopic (exact) mass is 324 g/mol. The first kappa shape index (κ1) is 16.5. The lowest BCUT2D eigenvalue weighted by molar-refractivity contribution is -0.159. The smallest absolute Gasteiger partial charge is 0.355 e. The van der Waals surface area contributed by atoms with E-state index >= 15 is 0 Å². The molecule has 1 heterocycles. The van der Waals surface area contributed by atoms with Crippen LogP contribution in [0.3, 0.4) is 0 Å². The number of nitrogens with one attached hydrogen (secondary N) is 1. The lowest BCUT2D eigenvalue weighted by atomic mass is 10.1. The van der Waals surface area contributed by atoms with Gasteiger partial charge in [-0.25, -0.2) is 0 Å². The number of amides is 1. The molecule has 0 saturated heterocycles. The number of halogens is 3. The second kappa shape index (κ2) is 6.91. The Balaban J connectivity index is 1.96. The van der Waals surface area contributed by atoms with Crippen molar-refractivity contribution < 1.29 is 22.5 Å². The molecule has 2 aromatic rings. The summed E-state index contributed by atoms with van der Waals surface area (Å²) in [4.78, 5) is 14.4. The Morgan fingerprint density at radius 3 is 2.57 bits per heavy atom. The van der Waals surface area contributed by atoms with E-state index in [1.54, 1.807) is 30.3 Å². The van der Waals surface area contributed by atoms with E-state index in [1.807, 2.05) is 0 Å². The minimum Gasteiger partial charge on any atom is -0.355 e. The molecule has 23 heavy (non-hydrogen) atoms. The molecule has 0 bridgehead atoms. The lowest BCUT2D eigenvalue weighted by Crippen LogP contribution is -2.24. The minimum absolute atomic E-state index is 0.147. The second-order valence-corrected chi connectivity index (χ2v) is 4.55. The molecular weight excluding hydrogens is 313 g/mol. The van der Waals surface area contributed by atoms with Crippen molar-refractivity contribution >= 4 is 5.91 Å². The van der Waals surface area contributed by atoms with Gasteiger partial charge in [-0.3, -0.25) is 4.79 Å². The molecule has 0 aliphatic rings. The molecule has 120 valence electrons. The largest absolute Gasteiger partial charge is 0.471 e. The fraction of sp³-hybridized carbons (Fsp3) is 0.286. The zero-order chi connectivity index (χ0) is 16.9. The highest BCUT2D eigenvalue weighted by Crippen LogP contribution is 2.29. The Morgan fingerprint density at radius 1 is 1.30 bits per heavy atom. The zero-order valence-corrected chi connectivity index (χ0v) is 11.7. The van der Waals surface area contributed by atoms with Crippen LogP contribution in [-0.2, 0) is 17.4 Å². The van der Waals surface area contributed by atoms with E-state index in [4.69, 9.17) is 5.26 Å². The third-order valence-electron chi connectivity index (χ3n) is 2.86. The highest BCUT2D eigenvalue weighted by molar-refractivity contribution is 5.77. The molecule has 0 aliphatic carbocycles. The van der Waals surface area contributed by atoms with E-state index in [1.165, 1.54) is 0 Å². The summed E-state index contributed by atoms with van der Waals surface area (Å²) in [6, 6.07) is 8.25. The van der Waals surface area contributed by atoms with Crippen molar-refractivity contribution in [2.24, 2.45) is 0 Å². The van der Waals surface area contributed by atoms with Crippen LogP contribution in [0.4, 0.5) is 13.2 Å². The minimum atomic E-state index is -4.67. The molecule has 0 atom stereocenters. The molecule has 1 N–H and O–H groups in total. The molecule has 6 nitrogen and oxygen atoms in total. The van der Waals surface area contributed by atoms with Crippen molar-refractivity contribution in [1.82, 2.24) is 15.5 Å². The van der Waals surface area contributed by atoms with Gasteiger partial charge >= 0.3 is 12.1 Å². The van der Waals surface area contributed by atoms with Crippen LogP contribution in [0.25, 0.3) is 11.4 Å². The van der Waals surface area contributed by atoms with Gasteiger partial charge in [0, 0.05) is 12.1 Å². The van der Waals surface area contributed by atoms with Gasteiger partial charge in [0.15, 0.2) is 0 Å². The predicted molar refractivity (Wildman–Crippen MR) is 71.7 cm³/mol. The fourth-order valence-electron chi connectivity index (χ4n) is 1.76. The Hall–Kier alpha value is -2.89. The first-order chi connectivity index (χ1) is 10.9. The first-order valence-corrected chi connectivity index (χ1v) is 6.54. The maximum Gasteiger partial charge on any atom is 0.471 e. The molecule has 0 aliphatic heterocycles. The highest BCUT2D eigenvalue weighted by atomic mass is 19.4. The van der Waals surface area contributed by atoms with Crippen molar-refractivity contribution in [1.29, 1.82) is 5.26 Å². The lowest BCUT2D eigenvalue weighted by Gasteiger charge is -2.03. The number of aromatic nitrogens is 2. The predicted octanol–water partition coefficient (Wildman–Crippen LogP) is 2.33. The van der Waals surface area contributed by atoms with Crippen LogP contribution in [0.1, 0.15) is 17.9 Å². The summed E-state index contributed by atoms with van der Waals surface area (Å²) in [6.45, 7) is 0.361. The fourth-order valence-corrected chi connectivity index (χ4v) is 1.76. The molecule has 0 radical (unpaired) electrons. The van der Waals surface area contributed by atoms with Crippen LogP contribution in [0, 0.1) is 11.3 Å². The van der Waals surface area contributed by atoms with Gasteiger partial charge in [0.1, 0.15) is 6.42 Å². The first-order valence-electron chi connectivity index (χ1n) is 6.54. The maximum atomic E-state index is 12.4. The van der Waals surface area contributed by atoms with Gasteiger partial charge in [-0.05, 0) is 12.0 Å². The molecule has 2 rings (SSSR count). The van der Waals surface area contributed by atoms with E-state index in [0.29, 0.717) is 18.5 Å². The van der Waals surface area contributed by atoms with E-state index < -0.39 is 12.1 Å². The Labute approximate surface area is 128 Å². The average Bonchev–Trinajstić information content (AvgIpc) is 2.98. The number of carbonyl (C=O) groups excluding carboxylic acids is 1. The summed E-state index contributed by atoms with van der Waals surface area (Å²) in [6.07, 6.45) is -4.34. The Bertz CT molecular complexity index is 717. The number of rotatable bonds is 5. The van der Waals surface area contributed by atoms with Crippen LogP contribution in [0.5, 0.6) is 0 Å². The van der Waals surface area contributed by atoms with Crippen LogP contribution in [0.2, 0.25) is 0 Å². The zero-order valence-electron chi connectivity index (χ0n) is 11.7. The summed E-state index contributed by atoms with van der Waals surface area (Å²) < 4.78 is 41.3. The van der Waals surface area contributed by atoms with Gasteiger partial charge in [0.05, 0.1) is 6.07 Å². The molecule has 9 heteroatoms. The summed E-state index contributed by atoms with van der Waals surface area (Å²) in [5.74, 6) is -1.89. The quantitative estimate of drug-likeness (QED) is 0.911. The molecule has 0 spiro atoms. The standard InChI is InChI=1S/C14H11F3N4O2/c15-14(16,17)13-20-12(21-23-13)10-3-1-9(2-4-10)6-8-19-11(22)5-7-18/h1-4H,5-6,8H2,(H,19,22). The van der Waals surface area contributed by atoms with E-state index in [0.717, 1.165) is 5.56 Å². The summed E-state index contributed by atoms with van der Waals surface area (Å²) in [7, 11) is 0. The van der Waals surface area contributed by atoms with Crippen molar-refractivity contribution in [3.05, 3.63) is 35.7 Å². The molecule has 1 aromatic carbocycles. The van der Waals surface area contributed by atoms with Crippen LogP contribution >= 0.6 is 0 Å². The van der Waals surface area contributed by atoms with Gasteiger partial charge in [-0.1, -0.05) is 29.4 Å². The molecule has 1 aromatic heterocycles. The maximum absolute atomic E-state index is 12.4. The number of carbonyl (C=O) groups is 1. The Morgan fingerprint density at radius 2 is 2.00 bits per heavy atom. The van der Waals surface area contributed by atoms with E-state index in [2.05, 4.69) is 20.0 Å². The van der Waals surface area contributed by atoms with E-state index in [9.17, 15) is 18.0 Å². The summed E-state index contributed by atoms with van der Waals surface area (Å²) in [5.41, 5.74) is 1.26. The van der Waals surface area contributed by atoms with E-state index in [-0.39, 0.29) is 18.2 Å². The number of alkyl halides is 3. The molecule has 0 unspecified atom stereocenters. The van der Waals surface area contributed by atoms with Gasteiger partial charge in [0.25, 0.3) is 0 Å². The molecule has 0 saturated carbocycles. The number of hydrogen-bond acceptors (Lipinski definition) is 5. The average molecular weight is 324 g/mol. The number of nitriles is 1. The van der Waals surface area contributed by atoms with Crippen LogP contribution in [-0.4, -0.2) is 22.6 Å². The normalized spacial score (nSPS) is 11.0. The van der Waals surface area contributed by atoms with Crippen molar-refractivity contribution in [3.63, 3.8) is 0 Å². The van der Waals surface area contributed by atoms with Gasteiger partial charge in [-0.2, -0.15) is 23.4 Å². The number of nitrogens with zero attached hydrogens (tertiary/aromatic N) is 3. The van der Waals surface area contributed by atoms with Gasteiger partial charge in [0.2, 0.25) is 11.7 Å². The summed E-state index contributed by atoms with van der Waals surface area (Å²) >= 11 is 0. The molecule has 0 fully saturated rings. The third kappa shape index (κ3) is 4.54.